The van der Waals surface area contributed by atoms with Crippen LogP contribution in [-0.4, -0.2) is 4.98 Å². The Morgan fingerprint density at radius 2 is 1.69 bits per heavy atom. The van der Waals surface area contributed by atoms with Crippen LogP contribution in [0.5, 0.6) is 5.75 Å². The fourth-order valence-corrected chi connectivity index (χ4v) is 3.38. The van der Waals surface area contributed by atoms with E-state index in [1.165, 1.54) is 0 Å². The van der Waals surface area contributed by atoms with E-state index in [1.54, 1.807) is 6.07 Å². The van der Waals surface area contributed by atoms with E-state index in [4.69, 9.17) is 13.6 Å². The van der Waals surface area contributed by atoms with Crippen molar-refractivity contribution in [3.8, 4) is 23.5 Å². The van der Waals surface area contributed by atoms with Crippen LogP contribution in [0.4, 0.5) is 5.88 Å². The summed E-state index contributed by atoms with van der Waals surface area (Å²) >= 11 is 0. The molecule has 0 saturated carbocycles. The third kappa shape index (κ3) is 4.18. The van der Waals surface area contributed by atoms with Crippen LogP contribution < -0.4 is 10.1 Å². The van der Waals surface area contributed by atoms with Crippen molar-refractivity contribution < 1.29 is 13.6 Å². The second kappa shape index (κ2) is 8.70. The molecule has 5 aromatic rings. The van der Waals surface area contributed by atoms with Gasteiger partial charge in [0.25, 0.3) is 5.89 Å². The zero-order chi connectivity index (χ0) is 21.8. The van der Waals surface area contributed by atoms with Crippen molar-refractivity contribution in [2.75, 3.05) is 5.32 Å². The molecule has 0 fully saturated rings. The van der Waals surface area contributed by atoms with E-state index < -0.39 is 0 Å². The number of nitriles is 1. The molecule has 6 nitrogen and oxygen atoms in total. The molecule has 0 spiro atoms. The number of fused-ring (bicyclic) bond motifs is 1. The van der Waals surface area contributed by atoms with E-state index in [9.17, 15) is 5.26 Å². The molecule has 0 aliphatic rings. The number of ether oxygens (including phenoxy) is 1. The van der Waals surface area contributed by atoms with Gasteiger partial charge in [0, 0.05) is 6.54 Å². The monoisotopic (exact) mass is 421 g/mol. The maximum absolute atomic E-state index is 9.40. The Morgan fingerprint density at radius 3 is 2.53 bits per heavy atom. The maximum Gasteiger partial charge on any atom is 0.266 e. The summed E-state index contributed by atoms with van der Waals surface area (Å²) < 4.78 is 17.5. The number of furan rings is 1. The standard InChI is InChI=1S/C26H19N3O3/c27-15-23-25(28-16-18-6-2-1-3-7-18)32-26(29-23)24-13-12-22(31-24)17-30-21-11-10-19-8-4-5-9-20(19)14-21/h1-14,28H,16-17H2. The van der Waals surface area contributed by atoms with E-state index in [1.807, 2.05) is 72.8 Å². The molecule has 32 heavy (non-hydrogen) atoms. The van der Waals surface area contributed by atoms with Gasteiger partial charge in [0.05, 0.1) is 0 Å². The highest BCUT2D eigenvalue weighted by molar-refractivity contribution is 5.83. The molecule has 0 unspecified atom stereocenters. The van der Waals surface area contributed by atoms with Gasteiger partial charge in [-0.15, -0.1) is 0 Å². The van der Waals surface area contributed by atoms with Crippen molar-refractivity contribution >= 4 is 16.7 Å². The van der Waals surface area contributed by atoms with E-state index in [0.29, 0.717) is 23.9 Å². The number of hydrogen-bond acceptors (Lipinski definition) is 6. The fourth-order valence-electron chi connectivity index (χ4n) is 3.38. The molecular weight excluding hydrogens is 402 g/mol. The highest BCUT2D eigenvalue weighted by Gasteiger charge is 2.17. The number of rotatable bonds is 7. The molecule has 0 aliphatic carbocycles. The van der Waals surface area contributed by atoms with Crippen LogP contribution in [0.3, 0.4) is 0 Å². The Balaban J connectivity index is 1.27. The largest absolute Gasteiger partial charge is 0.486 e. The third-order valence-corrected chi connectivity index (χ3v) is 5.00. The molecule has 3 aromatic carbocycles. The van der Waals surface area contributed by atoms with Gasteiger partial charge < -0.3 is 18.9 Å². The van der Waals surface area contributed by atoms with Gasteiger partial charge in [-0.2, -0.15) is 10.2 Å². The molecule has 0 bridgehead atoms. The minimum Gasteiger partial charge on any atom is -0.486 e. The molecule has 0 saturated heterocycles. The second-order valence-electron chi connectivity index (χ2n) is 7.21. The smallest absolute Gasteiger partial charge is 0.266 e. The quantitative estimate of drug-likeness (QED) is 0.339. The normalized spacial score (nSPS) is 10.7. The molecule has 2 aromatic heterocycles. The van der Waals surface area contributed by atoms with E-state index >= 15 is 0 Å². The average molecular weight is 421 g/mol. The molecule has 0 amide bonds. The highest BCUT2D eigenvalue weighted by Crippen LogP contribution is 2.28. The van der Waals surface area contributed by atoms with E-state index in [0.717, 1.165) is 22.1 Å². The summed E-state index contributed by atoms with van der Waals surface area (Å²) in [6.45, 7) is 0.788. The van der Waals surface area contributed by atoms with Gasteiger partial charge in [-0.3, -0.25) is 0 Å². The van der Waals surface area contributed by atoms with Gasteiger partial charge in [-0.05, 0) is 40.6 Å². The van der Waals surface area contributed by atoms with Gasteiger partial charge in [-0.25, -0.2) is 0 Å². The summed E-state index contributed by atoms with van der Waals surface area (Å²) in [6, 6.07) is 29.5. The lowest BCUT2D eigenvalue weighted by molar-refractivity contribution is 0.271. The van der Waals surface area contributed by atoms with Gasteiger partial charge in [0.2, 0.25) is 11.6 Å². The van der Waals surface area contributed by atoms with Crippen LogP contribution in [0.1, 0.15) is 17.0 Å². The number of nitrogens with one attached hydrogen (secondary N) is 1. The second-order valence-corrected chi connectivity index (χ2v) is 7.21. The third-order valence-electron chi connectivity index (χ3n) is 5.00. The number of anilines is 1. The summed E-state index contributed by atoms with van der Waals surface area (Å²) in [6.07, 6.45) is 0. The molecule has 0 atom stereocenters. The average Bonchev–Trinajstić information content (AvgIpc) is 3.49. The van der Waals surface area contributed by atoms with Crippen LogP contribution in [0.25, 0.3) is 22.4 Å². The van der Waals surface area contributed by atoms with Crippen molar-refractivity contribution in [3.63, 3.8) is 0 Å². The highest BCUT2D eigenvalue weighted by atomic mass is 16.5. The Kier molecular flexibility index (Phi) is 5.29. The Morgan fingerprint density at radius 1 is 0.875 bits per heavy atom. The van der Waals surface area contributed by atoms with Gasteiger partial charge in [0.1, 0.15) is 24.2 Å². The van der Waals surface area contributed by atoms with Crippen molar-refractivity contribution in [2.24, 2.45) is 0 Å². The molecule has 5 rings (SSSR count). The van der Waals surface area contributed by atoms with Crippen LogP contribution in [-0.2, 0) is 13.2 Å². The van der Waals surface area contributed by atoms with Gasteiger partial charge >= 0.3 is 0 Å². The van der Waals surface area contributed by atoms with E-state index in [2.05, 4.69) is 22.4 Å². The van der Waals surface area contributed by atoms with Gasteiger partial charge in [-0.1, -0.05) is 60.7 Å². The summed E-state index contributed by atoms with van der Waals surface area (Å²) in [5, 5.41) is 14.8. The van der Waals surface area contributed by atoms with E-state index in [-0.39, 0.29) is 18.2 Å². The maximum atomic E-state index is 9.40. The first kappa shape index (κ1) is 19.5. The number of benzene rings is 3. The minimum absolute atomic E-state index is 0.182. The molecule has 156 valence electrons. The summed E-state index contributed by atoms with van der Waals surface area (Å²) in [4.78, 5) is 4.25. The minimum atomic E-state index is 0.182. The van der Waals surface area contributed by atoms with Crippen LogP contribution >= 0.6 is 0 Å². The van der Waals surface area contributed by atoms with Gasteiger partial charge in [0.15, 0.2) is 5.76 Å². The first-order valence-electron chi connectivity index (χ1n) is 10.2. The van der Waals surface area contributed by atoms with Crippen LogP contribution in [0.15, 0.2) is 93.8 Å². The first-order chi connectivity index (χ1) is 15.8. The zero-order valence-corrected chi connectivity index (χ0v) is 17.1. The molecule has 2 heterocycles. The van der Waals surface area contributed by atoms with Crippen molar-refractivity contribution in [1.82, 2.24) is 4.98 Å². The number of oxazole rings is 1. The molecule has 1 N–H and O–H groups in total. The zero-order valence-electron chi connectivity index (χ0n) is 17.1. The Bertz CT molecular complexity index is 1400. The number of hydrogen-bond donors (Lipinski definition) is 1. The molecular formula is C26H19N3O3. The number of aromatic nitrogens is 1. The Hall–Kier alpha value is -4.50. The summed E-state index contributed by atoms with van der Waals surface area (Å²) in [5.74, 6) is 2.39. The van der Waals surface area contributed by atoms with Crippen LogP contribution in [0.2, 0.25) is 0 Å². The predicted octanol–water partition coefficient (Wildman–Crippen LogP) is 6.15. The summed E-state index contributed by atoms with van der Waals surface area (Å²) in [7, 11) is 0. The molecule has 0 aliphatic heterocycles. The lowest BCUT2D eigenvalue weighted by Crippen LogP contribution is -1.99. The topological polar surface area (TPSA) is 84.2 Å². The molecule has 0 radical (unpaired) electrons. The summed E-state index contributed by atoms with van der Waals surface area (Å²) in [5.41, 5.74) is 1.25. The lowest BCUT2D eigenvalue weighted by atomic mass is 10.1. The number of nitrogens with zero attached hydrogens (tertiary/aromatic N) is 2. The molecule has 6 heteroatoms. The lowest BCUT2D eigenvalue weighted by Gasteiger charge is -2.05. The van der Waals surface area contributed by atoms with Crippen LogP contribution in [0, 0.1) is 11.3 Å². The Labute approximate surface area is 184 Å². The first-order valence-corrected chi connectivity index (χ1v) is 10.2. The van der Waals surface area contributed by atoms with Crippen molar-refractivity contribution in [3.05, 3.63) is 102 Å². The van der Waals surface area contributed by atoms with Crippen molar-refractivity contribution in [1.29, 1.82) is 5.26 Å². The fraction of sp³-hybridized carbons (Fsp3) is 0.0769. The van der Waals surface area contributed by atoms with Crippen molar-refractivity contribution in [2.45, 2.75) is 13.2 Å². The SMILES string of the molecule is N#Cc1nc(-c2ccc(COc3ccc4ccccc4c3)o2)oc1NCc1ccccc1. The predicted molar refractivity (Wildman–Crippen MR) is 121 cm³/mol.